The fourth-order valence-electron chi connectivity index (χ4n) is 2.70. The van der Waals surface area contributed by atoms with E-state index < -0.39 is 29.4 Å². The summed E-state index contributed by atoms with van der Waals surface area (Å²) in [6.07, 6.45) is -4.91. The number of amides is 1. The Kier molecular flexibility index (Phi) is 5.94. The van der Waals surface area contributed by atoms with Gasteiger partial charge in [-0.25, -0.2) is 4.98 Å². The molecule has 0 aliphatic heterocycles. The highest BCUT2D eigenvalue weighted by Crippen LogP contribution is 2.28. The molecule has 1 aromatic heterocycles. The zero-order valence-corrected chi connectivity index (χ0v) is 15.9. The van der Waals surface area contributed by atoms with E-state index in [9.17, 15) is 22.8 Å². The van der Waals surface area contributed by atoms with Crippen molar-refractivity contribution in [1.82, 2.24) is 19.8 Å². The number of rotatable bonds is 5. The van der Waals surface area contributed by atoms with Crippen molar-refractivity contribution in [3.63, 3.8) is 0 Å². The Bertz CT molecular complexity index is 919. The third-order valence-corrected chi connectivity index (χ3v) is 4.40. The van der Waals surface area contributed by atoms with Crippen LogP contribution in [0, 0.1) is 13.8 Å². The number of halogens is 3. The summed E-state index contributed by atoms with van der Waals surface area (Å²) in [6, 6.07) is 1.96. The first-order chi connectivity index (χ1) is 12.4. The number of carbonyl (C=O) groups is 1. The van der Waals surface area contributed by atoms with Gasteiger partial charge in [-0.05, 0) is 58.1 Å². The van der Waals surface area contributed by atoms with Crippen LogP contribution in [0.5, 0.6) is 0 Å². The van der Waals surface area contributed by atoms with Gasteiger partial charge in [0, 0.05) is 13.1 Å². The summed E-state index contributed by atoms with van der Waals surface area (Å²) in [6.45, 7) is 5.82. The zero-order valence-electron chi connectivity index (χ0n) is 15.9. The molecule has 0 spiro atoms. The van der Waals surface area contributed by atoms with Crippen LogP contribution in [-0.4, -0.2) is 47.5 Å². The van der Waals surface area contributed by atoms with Crippen LogP contribution >= 0.6 is 0 Å². The second-order valence-corrected chi connectivity index (χ2v) is 6.83. The molecule has 2 aromatic rings. The van der Waals surface area contributed by atoms with E-state index in [1.54, 1.807) is 19.9 Å². The summed E-state index contributed by atoms with van der Waals surface area (Å²) >= 11 is 0. The molecule has 0 aliphatic rings. The normalized spacial score (nSPS) is 13.2. The number of likely N-dealkylation sites (N-methyl/N-ethyl adjacent to an activating group) is 1. The van der Waals surface area contributed by atoms with Gasteiger partial charge in [0.1, 0.15) is 6.04 Å². The summed E-state index contributed by atoms with van der Waals surface area (Å²) in [5.74, 6) is -0.530. The fraction of sp³-hybridized carbons (Fsp3) is 0.500. The lowest BCUT2D eigenvalue weighted by atomic mass is 10.1. The van der Waals surface area contributed by atoms with Crippen LogP contribution in [0.4, 0.5) is 13.2 Å². The van der Waals surface area contributed by atoms with Crippen molar-refractivity contribution in [3.05, 3.63) is 39.3 Å². The summed E-state index contributed by atoms with van der Waals surface area (Å²) in [5, 5.41) is 2.65. The van der Waals surface area contributed by atoms with E-state index in [4.69, 9.17) is 0 Å². The Morgan fingerprint density at radius 2 is 1.85 bits per heavy atom. The maximum Gasteiger partial charge on any atom is 0.438 e. The molecular weight excluding hydrogens is 361 g/mol. The number of aryl methyl sites for hydroxylation is 2. The summed E-state index contributed by atoms with van der Waals surface area (Å²) in [5.41, 5.74) is -1.09. The molecule has 0 saturated heterocycles. The fourth-order valence-corrected chi connectivity index (χ4v) is 2.70. The summed E-state index contributed by atoms with van der Waals surface area (Å²) < 4.78 is 40.8. The van der Waals surface area contributed by atoms with E-state index in [0.29, 0.717) is 13.1 Å². The second kappa shape index (κ2) is 7.67. The first kappa shape index (κ1) is 20.9. The topological polar surface area (TPSA) is 67.2 Å². The number of nitrogens with one attached hydrogen (secondary N) is 1. The quantitative estimate of drug-likeness (QED) is 0.859. The van der Waals surface area contributed by atoms with Crippen molar-refractivity contribution in [2.45, 2.75) is 33.0 Å². The van der Waals surface area contributed by atoms with Crippen LogP contribution in [-0.2, 0) is 11.0 Å². The molecule has 1 aromatic carbocycles. The van der Waals surface area contributed by atoms with Gasteiger partial charge in [-0.1, -0.05) is 0 Å². The maximum absolute atomic E-state index is 13.3. The highest BCUT2D eigenvalue weighted by molar-refractivity contribution is 5.84. The molecule has 1 atom stereocenters. The van der Waals surface area contributed by atoms with Crippen LogP contribution < -0.4 is 10.9 Å². The van der Waals surface area contributed by atoms with E-state index in [2.05, 4.69) is 10.3 Å². The Labute approximate surface area is 155 Å². The van der Waals surface area contributed by atoms with E-state index >= 15 is 0 Å². The van der Waals surface area contributed by atoms with Crippen molar-refractivity contribution < 1.29 is 18.0 Å². The first-order valence-electron chi connectivity index (χ1n) is 8.46. The van der Waals surface area contributed by atoms with Gasteiger partial charge in [-0.3, -0.25) is 14.2 Å². The number of hydrogen-bond donors (Lipinski definition) is 1. The monoisotopic (exact) mass is 384 g/mol. The molecule has 27 heavy (non-hydrogen) atoms. The van der Waals surface area contributed by atoms with Crippen LogP contribution in [0.15, 0.2) is 16.9 Å². The van der Waals surface area contributed by atoms with E-state index in [-0.39, 0.29) is 11.0 Å². The van der Waals surface area contributed by atoms with Gasteiger partial charge >= 0.3 is 6.18 Å². The number of nitrogens with zero attached hydrogens (tertiary/aromatic N) is 3. The van der Waals surface area contributed by atoms with Gasteiger partial charge in [0.25, 0.3) is 5.56 Å². The Morgan fingerprint density at radius 3 is 2.41 bits per heavy atom. The zero-order chi connectivity index (χ0) is 20.5. The summed E-state index contributed by atoms with van der Waals surface area (Å²) in [4.78, 5) is 30.4. The number of benzene rings is 1. The van der Waals surface area contributed by atoms with Crippen LogP contribution in [0.2, 0.25) is 0 Å². The number of alkyl halides is 3. The van der Waals surface area contributed by atoms with Gasteiger partial charge in [0.15, 0.2) is 0 Å². The molecule has 0 saturated carbocycles. The van der Waals surface area contributed by atoms with Crippen LogP contribution in [0.1, 0.15) is 29.8 Å². The molecule has 9 heteroatoms. The molecule has 0 aliphatic carbocycles. The first-order valence-corrected chi connectivity index (χ1v) is 8.46. The molecule has 0 radical (unpaired) electrons. The molecular formula is C18H23F3N4O2. The molecule has 1 heterocycles. The standard InChI is InChI=1S/C18H23F3N4O2/c1-10-8-13-14(9-11(10)2)25(17(27)15(23-13)18(19,20)21)12(3)16(26)22-6-7-24(4)5/h8-9,12H,6-7H2,1-5H3,(H,22,26)/t12-/m0/s1. The van der Waals surface area contributed by atoms with Gasteiger partial charge in [-0.2, -0.15) is 13.2 Å². The minimum absolute atomic E-state index is 0.0259. The molecule has 0 bridgehead atoms. The van der Waals surface area contributed by atoms with Gasteiger partial charge in [0.05, 0.1) is 11.0 Å². The Morgan fingerprint density at radius 1 is 1.26 bits per heavy atom. The lowest BCUT2D eigenvalue weighted by molar-refractivity contribution is -0.142. The smallest absolute Gasteiger partial charge is 0.353 e. The molecule has 1 N–H and O–H groups in total. The predicted molar refractivity (Wildman–Crippen MR) is 96.8 cm³/mol. The predicted octanol–water partition coefficient (Wildman–Crippen LogP) is 2.27. The van der Waals surface area contributed by atoms with E-state index in [1.807, 2.05) is 19.0 Å². The molecule has 148 valence electrons. The van der Waals surface area contributed by atoms with Gasteiger partial charge < -0.3 is 10.2 Å². The van der Waals surface area contributed by atoms with Crippen LogP contribution in [0.25, 0.3) is 11.0 Å². The average molecular weight is 384 g/mol. The van der Waals surface area contributed by atoms with Gasteiger partial charge in [0.2, 0.25) is 11.6 Å². The lowest BCUT2D eigenvalue weighted by Crippen LogP contribution is -2.40. The Balaban J connectivity index is 2.62. The highest BCUT2D eigenvalue weighted by Gasteiger charge is 2.38. The third kappa shape index (κ3) is 4.47. The van der Waals surface area contributed by atoms with E-state index in [0.717, 1.165) is 15.7 Å². The second-order valence-electron chi connectivity index (χ2n) is 6.83. The number of aromatic nitrogens is 2. The van der Waals surface area contributed by atoms with Crippen molar-refractivity contribution >= 4 is 16.9 Å². The van der Waals surface area contributed by atoms with Gasteiger partial charge in [-0.15, -0.1) is 0 Å². The number of fused-ring (bicyclic) bond motifs is 1. The molecule has 0 fully saturated rings. The largest absolute Gasteiger partial charge is 0.438 e. The van der Waals surface area contributed by atoms with E-state index in [1.165, 1.54) is 13.0 Å². The highest BCUT2D eigenvalue weighted by atomic mass is 19.4. The molecule has 0 unspecified atom stereocenters. The van der Waals surface area contributed by atoms with Crippen molar-refractivity contribution in [2.75, 3.05) is 27.2 Å². The minimum atomic E-state index is -4.91. The third-order valence-electron chi connectivity index (χ3n) is 4.40. The molecule has 1 amide bonds. The van der Waals surface area contributed by atoms with Crippen molar-refractivity contribution in [2.24, 2.45) is 0 Å². The number of carbonyl (C=O) groups excluding carboxylic acids is 1. The average Bonchev–Trinajstić information content (AvgIpc) is 2.54. The SMILES string of the molecule is Cc1cc2nc(C(F)(F)F)c(=O)n([C@@H](C)C(=O)NCCN(C)C)c2cc1C. The van der Waals surface area contributed by atoms with Crippen molar-refractivity contribution in [3.8, 4) is 0 Å². The van der Waals surface area contributed by atoms with Crippen molar-refractivity contribution in [1.29, 1.82) is 0 Å². The lowest BCUT2D eigenvalue weighted by Gasteiger charge is -2.20. The molecule has 6 nitrogen and oxygen atoms in total. The number of hydrogen-bond acceptors (Lipinski definition) is 4. The Hall–Kier alpha value is -2.42. The summed E-state index contributed by atoms with van der Waals surface area (Å²) in [7, 11) is 3.66. The molecule has 2 rings (SSSR count). The maximum atomic E-state index is 13.3. The van der Waals surface area contributed by atoms with Crippen LogP contribution in [0.3, 0.4) is 0 Å². The minimum Gasteiger partial charge on any atom is -0.353 e.